The van der Waals surface area contributed by atoms with E-state index in [-0.39, 0.29) is 6.61 Å². The highest BCUT2D eigenvalue weighted by Crippen LogP contribution is 2.20. The minimum Gasteiger partial charge on any atom is -0.457 e. The third kappa shape index (κ3) is 5.06. The largest absolute Gasteiger partial charge is 0.457 e. The van der Waals surface area contributed by atoms with E-state index in [1.165, 1.54) is 0 Å². The molecule has 6 nitrogen and oxygen atoms in total. The van der Waals surface area contributed by atoms with Gasteiger partial charge in [0.2, 0.25) is 0 Å². The summed E-state index contributed by atoms with van der Waals surface area (Å²) in [4.78, 5) is 11.6. The zero-order valence-corrected chi connectivity index (χ0v) is 11.3. The Balaban J connectivity index is 2.33. The van der Waals surface area contributed by atoms with Crippen LogP contribution in [0.5, 0.6) is 0 Å². The second kappa shape index (κ2) is 8.47. The van der Waals surface area contributed by atoms with Crippen molar-refractivity contribution >= 4 is 5.97 Å². The summed E-state index contributed by atoms with van der Waals surface area (Å²) in [5.41, 5.74) is 0. The Morgan fingerprint density at radius 1 is 1.37 bits per heavy atom. The first-order chi connectivity index (χ1) is 9.10. The molecule has 0 radical (unpaired) electrons. The number of hydrogen-bond acceptors (Lipinski definition) is 6. The molecule has 1 aliphatic heterocycles. The zero-order chi connectivity index (χ0) is 14.3. The smallest absolute Gasteiger partial charge is 0.306 e. The Hall–Kier alpha value is -0.690. The van der Waals surface area contributed by atoms with Gasteiger partial charge >= 0.3 is 5.97 Å². The van der Waals surface area contributed by atoms with Gasteiger partial charge in [0, 0.05) is 6.42 Å². The van der Waals surface area contributed by atoms with E-state index in [1.54, 1.807) is 0 Å². The number of hydrogen-bond donors (Lipinski definition) is 3. The van der Waals surface area contributed by atoms with Crippen LogP contribution in [-0.2, 0) is 14.3 Å². The lowest BCUT2D eigenvalue weighted by molar-refractivity contribution is -0.162. The van der Waals surface area contributed by atoms with Gasteiger partial charge in [-0.1, -0.05) is 26.2 Å². The molecule has 0 aromatic carbocycles. The van der Waals surface area contributed by atoms with E-state index in [9.17, 15) is 20.1 Å². The summed E-state index contributed by atoms with van der Waals surface area (Å²) in [6.45, 7) is 1.63. The van der Waals surface area contributed by atoms with Crippen LogP contribution in [0.3, 0.4) is 0 Å². The fourth-order valence-electron chi connectivity index (χ4n) is 2.09. The Labute approximate surface area is 113 Å². The minimum absolute atomic E-state index is 0.0175. The summed E-state index contributed by atoms with van der Waals surface area (Å²) in [7, 11) is 0. The average Bonchev–Trinajstić information content (AvgIpc) is 2.73. The predicted molar refractivity (Wildman–Crippen MR) is 67.5 cm³/mol. The van der Waals surface area contributed by atoms with E-state index in [4.69, 9.17) is 9.47 Å². The molecule has 6 heteroatoms. The molecule has 1 fully saturated rings. The van der Waals surface area contributed by atoms with Crippen LogP contribution in [0.1, 0.15) is 39.0 Å². The molecule has 3 N–H and O–H groups in total. The molecule has 1 saturated heterocycles. The molecular formula is C13H24O6. The molecule has 0 unspecified atom stereocenters. The molecule has 0 saturated carbocycles. The van der Waals surface area contributed by atoms with Crippen molar-refractivity contribution in [2.75, 3.05) is 13.2 Å². The van der Waals surface area contributed by atoms with Crippen molar-refractivity contribution in [2.24, 2.45) is 0 Å². The quantitative estimate of drug-likeness (QED) is 0.426. The molecule has 112 valence electrons. The monoisotopic (exact) mass is 276 g/mol. The van der Waals surface area contributed by atoms with Crippen LogP contribution in [-0.4, -0.2) is 58.9 Å². The highest BCUT2D eigenvalue weighted by molar-refractivity contribution is 5.69. The molecule has 1 aliphatic rings. The zero-order valence-electron chi connectivity index (χ0n) is 11.3. The Bertz CT molecular complexity index is 270. The topological polar surface area (TPSA) is 96.2 Å². The van der Waals surface area contributed by atoms with Crippen molar-refractivity contribution in [1.82, 2.24) is 0 Å². The third-order valence-electron chi connectivity index (χ3n) is 3.25. The van der Waals surface area contributed by atoms with Gasteiger partial charge in [0.25, 0.3) is 0 Å². The first-order valence-electron chi connectivity index (χ1n) is 6.88. The standard InChI is InChI=1S/C13H24O6/c1-2-3-4-5-6-11(16)19-10(7-14)13-12(17)9(15)8-18-13/h9-10,12-15,17H,2-8H2,1H3/t9-,10+,12+,13+/m0/s1. The fraction of sp³-hybridized carbons (Fsp3) is 0.923. The highest BCUT2D eigenvalue weighted by Gasteiger charge is 2.41. The molecule has 0 amide bonds. The molecule has 1 heterocycles. The van der Waals surface area contributed by atoms with Crippen LogP contribution in [0.2, 0.25) is 0 Å². The molecule has 1 rings (SSSR count). The summed E-state index contributed by atoms with van der Waals surface area (Å²) in [6, 6.07) is 0. The van der Waals surface area contributed by atoms with Gasteiger partial charge in [-0.15, -0.1) is 0 Å². The predicted octanol–water partition coefficient (Wildman–Crippen LogP) is -0.0185. The number of aliphatic hydroxyl groups excluding tert-OH is 3. The molecular weight excluding hydrogens is 252 g/mol. The van der Waals surface area contributed by atoms with Gasteiger partial charge in [0.05, 0.1) is 13.2 Å². The van der Waals surface area contributed by atoms with Crippen molar-refractivity contribution in [1.29, 1.82) is 0 Å². The summed E-state index contributed by atoms with van der Waals surface area (Å²) < 4.78 is 10.2. The number of carbonyl (C=O) groups excluding carboxylic acids is 1. The molecule has 19 heavy (non-hydrogen) atoms. The number of esters is 1. The SMILES string of the molecule is CCCCCCC(=O)O[C@H](CO)[C@H]1OC[C@H](O)[C@H]1O. The maximum absolute atomic E-state index is 11.6. The van der Waals surface area contributed by atoms with Crippen molar-refractivity contribution in [3.8, 4) is 0 Å². The summed E-state index contributed by atoms with van der Waals surface area (Å²) in [6.07, 6.45) is 0.264. The van der Waals surface area contributed by atoms with Crippen LogP contribution in [0.4, 0.5) is 0 Å². The summed E-state index contributed by atoms with van der Waals surface area (Å²) >= 11 is 0. The Morgan fingerprint density at radius 3 is 2.63 bits per heavy atom. The third-order valence-corrected chi connectivity index (χ3v) is 3.25. The van der Waals surface area contributed by atoms with Gasteiger partial charge in [-0.05, 0) is 6.42 Å². The van der Waals surface area contributed by atoms with Crippen molar-refractivity contribution < 1.29 is 29.6 Å². The second-order valence-electron chi connectivity index (χ2n) is 4.88. The van der Waals surface area contributed by atoms with Crippen molar-refractivity contribution in [3.05, 3.63) is 0 Å². The van der Waals surface area contributed by atoms with Crippen LogP contribution in [0.25, 0.3) is 0 Å². The first-order valence-corrected chi connectivity index (χ1v) is 6.88. The molecule has 0 aliphatic carbocycles. The highest BCUT2D eigenvalue weighted by atomic mass is 16.6. The van der Waals surface area contributed by atoms with Crippen LogP contribution < -0.4 is 0 Å². The summed E-state index contributed by atoms with van der Waals surface area (Å²) in [5, 5.41) is 28.2. The van der Waals surface area contributed by atoms with Gasteiger partial charge in [-0.2, -0.15) is 0 Å². The summed E-state index contributed by atoms with van der Waals surface area (Å²) in [5.74, 6) is -0.410. The second-order valence-corrected chi connectivity index (χ2v) is 4.88. The van der Waals surface area contributed by atoms with Crippen LogP contribution in [0.15, 0.2) is 0 Å². The van der Waals surface area contributed by atoms with Gasteiger partial charge < -0.3 is 24.8 Å². The maximum atomic E-state index is 11.6. The number of carbonyl (C=O) groups is 1. The normalized spacial score (nSPS) is 28.3. The number of unbranched alkanes of at least 4 members (excludes halogenated alkanes) is 3. The maximum Gasteiger partial charge on any atom is 0.306 e. The van der Waals surface area contributed by atoms with Crippen molar-refractivity contribution in [3.63, 3.8) is 0 Å². The lowest BCUT2D eigenvalue weighted by Gasteiger charge is -2.23. The molecule has 0 aromatic rings. The van der Waals surface area contributed by atoms with Gasteiger partial charge in [-0.25, -0.2) is 0 Å². The number of aliphatic hydroxyl groups is 3. The van der Waals surface area contributed by atoms with Crippen molar-refractivity contribution in [2.45, 2.75) is 63.4 Å². The molecule has 0 spiro atoms. The number of rotatable bonds is 8. The van der Waals surface area contributed by atoms with Gasteiger partial charge in [0.15, 0.2) is 6.10 Å². The van der Waals surface area contributed by atoms with E-state index in [1.807, 2.05) is 0 Å². The fourth-order valence-corrected chi connectivity index (χ4v) is 2.09. The van der Waals surface area contributed by atoms with E-state index in [0.29, 0.717) is 6.42 Å². The first kappa shape index (κ1) is 16.4. The Morgan fingerprint density at radius 2 is 2.11 bits per heavy atom. The number of ether oxygens (including phenoxy) is 2. The van der Waals surface area contributed by atoms with E-state index in [2.05, 4.69) is 6.92 Å². The molecule has 0 bridgehead atoms. The lowest BCUT2D eigenvalue weighted by Crippen LogP contribution is -2.43. The molecule has 4 atom stereocenters. The lowest BCUT2D eigenvalue weighted by atomic mass is 10.1. The van der Waals surface area contributed by atoms with E-state index < -0.39 is 37.0 Å². The van der Waals surface area contributed by atoms with E-state index in [0.717, 1.165) is 25.7 Å². The van der Waals surface area contributed by atoms with Crippen LogP contribution >= 0.6 is 0 Å². The Kier molecular flexibility index (Phi) is 7.30. The molecule has 0 aromatic heterocycles. The van der Waals surface area contributed by atoms with Gasteiger partial charge in [-0.3, -0.25) is 4.79 Å². The van der Waals surface area contributed by atoms with E-state index >= 15 is 0 Å². The van der Waals surface area contributed by atoms with Gasteiger partial charge in [0.1, 0.15) is 18.3 Å². The van der Waals surface area contributed by atoms with Crippen LogP contribution in [0, 0.1) is 0 Å². The minimum atomic E-state index is -1.13. The average molecular weight is 276 g/mol.